The molecule has 1 rings (SSSR count). The summed E-state index contributed by atoms with van der Waals surface area (Å²) in [4.78, 5) is 0. The second-order valence-electron chi connectivity index (χ2n) is 2.35. The third kappa shape index (κ3) is 1.81. The first-order chi connectivity index (χ1) is 4.74. The number of halogens is 1. The minimum absolute atomic E-state index is 0.156. The van der Waals surface area contributed by atoms with Crippen molar-refractivity contribution >= 4 is 22.6 Å². The summed E-state index contributed by atoms with van der Waals surface area (Å²) >= 11 is 2.28. The maximum atomic E-state index is 5.76. The van der Waals surface area contributed by atoms with Crippen molar-refractivity contribution in [2.75, 3.05) is 6.54 Å². The van der Waals surface area contributed by atoms with Crippen LogP contribution in [0.3, 0.4) is 0 Å². The lowest BCUT2D eigenvalue weighted by molar-refractivity contribution is 0.753. The Morgan fingerprint density at radius 1 is 1.70 bits per heavy atom. The third-order valence-electron chi connectivity index (χ3n) is 1.60. The second kappa shape index (κ2) is 3.50. The fourth-order valence-electron chi connectivity index (χ4n) is 0.944. The molecule has 1 aliphatic rings. The molecule has 0 heterocycles. The highest BCUT2D eigenvalue weighted by Gasteiger charge is 2.10. The maximum absolute atomic E-state index is 5.76. The van der Waals surface area contributed by atoms with Gasteiger partial charge in [-0.05, 0) is 40.7 Å². The van der Waals surface area contributed by atoms with Crippen molar-refractivity contribution in [3.63, 3.8) is 0 Å². The smallest absolute Gasteiger partial charge is 0.0305 e. The van der Waals surface area contributed by atoms with E-state index in [4.69, 9.17) is 11.5 Å². The van der Waals surface area contributed by atoms with Crippen molar-refractivity contribution in [1.82, 2.24) is 0 Å². The standard InChI is InChI=1S/C7H11IN2/c8-6-1-2-7(10)5(3-6)4-9/h1,3,7H,2,4,9-10H2. The Kier molecular flexibility index (Phi) is 2.88. The molecule has 0 fully saturated rings. The van der Waals surface area contributed by atoms with Crippen LogP contribution < -0.4 is 11.5 Å². The Morgan fingerprint density at radius 2 is 2.40 bits per heavy atom. The highest BCUT2D eigenvalue weighted by Crippen LogP contribution is 2.19. The average Bonchev–Trinajstić information content (AvgIpc) is 1.94. The summed E-state index contributed by atoms with van der Waals surface area (Å²) in [5, 5.41) is 0. The Balaban J connectivity index is 2.73. The summed E-state index contributed by atoms with van der Waals surface area (Å²) < 4.78 is 1.25. The molecule has 4 N–H and O–H groups in total. The molecular formula is C7H11IN2. The van der Waals surface area contributed by atoms with Crippen molar-refractivity contribution < 1.29 is 0 Å². The molecule has 3 heteroatoms. The Bertz CT molecular complexity index is 184. The molecule has 0 bridgehead atoms. The fraction of sp³-hybridized carbons (Fsp3) is 0.429. The molecule has 1 aliphatic carbocycles. The van der Waals surface area contributed by atoms with Crippen LogP contribution >= 0.6 is 22.6 Å². The summed E-state index contributed by atoms with van der Waals surface area (Å²) in [6.45, 7) is 0.585. The molecule has 0 radical (unpaired) electrons. The van der Waals surface area contributed by atoms with Crippen molar-refractivity contribution in [3.05, 3.63) is 21.3 Å². The van der Waals surface area contributed by atoms with Crippen molar-refractivity contribution in [1.29, 1.82) is 0 Å². The van der Waals surface area contributed by atoms with Crippen molar-refractivity contribution in [3.8, 4) is 0 Å². The SMILES string of the molecule is NCC1=CC(I)=CCC1N. The molecule has 0 aromatic carbocycles. The number of rotatable bonds is 1. The quantitative estimate of drug-likeness (QED) is 0.680. The van der Waals surface area contributed by atoms with Crippen LogP contribution in [-0.4, -0.2) is 12.6 Å². The number of hydrogen-bond acceptors (Lipinski definition) is 2. The average molecular weight is 250 g/mol. The molecule has 10 heavy (non-hydrogen) atoms. The largest absolute Gasteiger partial charge is 0.327 e. The molecule has 0 amide bonds. The summed E-state index contributed by atoms with van der Waals surface area (Å²) in [7, 11) is 0. The van der Waals surface area contributed by atoms with Gasteiger partial charge in [-0.25, -0.2) is 0 Å². The fourth-order valence-corrected chi connectivity index (χ4v) is 1.60. The minimum atomic E-state index is 0.156. The molecule has 2 nitrogen and oxygen atoms in total. The van der Waals surface area contributed by atoms with Gasteiger partial charge in [0.25, 0.3) is 0 Å². The lowest BCUT2D eigenvalue weighted by Gasteiger charge is -2.16. The molecule has 1 atom stereocenters. The van der Waals surface area contributed by atoms with E-state index in [-0.39, 0.29) is 6.04 Å². The van der Waals surface area contributed by atoms with Crippen LogP contribution in [0.5, 0.6) is 0 Å². The molecule has 56 valence electrons. The summed E-state index contributed by atoms with van der Waals surface area (Å²) in [6.07, 6.45) is 5.13. The summed E-state index contributed by atoms with van der Waals surface area (Å²) in [5.74, 6) is 0. The normalized spacial score (nSPS) is 25.7. The van der Waals surface area contributed by atoms with Gasteiger partial charge in [0.2, 0.25) is 0 Å². The zero-order valence-corrected chi connectivity index (χ0v) is 7.84. The molecule has 1 unspecified atom stereocenters. The molecule has 0 aromatic rings. The monoisotopic (exact) mass is 250 g/mol. The minimum Gasteiger partial charge on any atom is -0.327 e. The zero-order valence-electron chi connectivity index (χ0n) is 5.68. The first kappa shape index (κ1) is 8.23. The van der Waals surface area contributed by atoms with Crippen LogP contribution in [0.1, 0.15) is 6.42 Å². The van der Waals surface area contributed by atoms with Gasteiger partial charge in [0, 0.05) is 16.2 Å². The Morgan fingerprint density at radius 3 is 2.90 bits per heavy atom. The van der Waals surface area contributed by atoms with Gasteiger partial charge >= 0.3 is 0 Å². The lowest BCUT2D eigenvalue weighted by Crippen LogP contribution is -2.28. The van der Waals surface area contributed by atoms with Crippen LogP contribution in [0.2, 0.25) is 0 Å². The number of allylic oxidation sites excluding steroid dienone is 2. The van der Waals surface area contributed by atoms with E-state index < -0.39 is 0 Å². The van der Waals surface area contributed by atoms with E-state index in [2.05, 4.69) is 34.7 Å². The molecular weight excluding hydrogens is 239 g/mol. The lowest BCUT2D eigenvalue weighted by atomic mass is 10.0. The van der Waals surface area contributed by atoms with Crippen LogP contribution in [0.4, 0.5) is 0 Å². The molecule has 0 saturated heterocycles. The molecule has 0 spiro atoms. The molecule has 0 aromatic heterocycles. The van der Waals surface area contributed by atoms with Gasteiger partial charge in [0.15, 0.2) is 0 Å². The third-order valence-corrected chi connectivity index (χ3v) is 2.35. The van der Waals surface area contributed by atoms with Gasteiger partial charge in [0.05, 0.1) is 0 Å². The summed E-state index contributed by atoms with van der Waals surface area (Å²) in [5.41, 5.74) is 12.4. The Labute approximate surface area is 74.5 Å². The van der Waals surface area contributed by atoms with Gasteiger partial charge in [0.1, 0.15) is 0 Å². The van der Waals surface area contributed by atoms with Gasteiger partial charge in [-0.2, -0.15) is 0 Å². The van der Waals surface area contributed by atoms with E-state index in [0.29, 0.717) is 6.54 Å². The van der Waals surface area contributed by atoms with Gasteiger partial charge in [-0.15, -0.1) is 0 Å². The highest BCUT2D eigenvalue weighted by molar-refractivity contribution is 14.1. The van der Waals surface area contributed by atoms with Crippen LogP contribution in [0.15, 0.2) is 21.3 Å². The van der Waals surface area contributed by atoms with Crippen molar-refractivity contribution in [2.45, 2.75) is 12.5 Å². The predicted octanol–water partition coefficient (Wildman–Crippen LogP) is 0.921. The van der Waals surface area contributed by atoms with Crippen molar-refractivity contribution in [2.24, 2.45) is 11.5 Å². The number of nitrogens with two attached hydrogens (primary N) is 2. The van der Waals surface area contributed by atoms with E-state index in [1.165, 1.54) is 3.58 Å². The van der Waals surface area contributed by atoms with Gasteiger partial charge < -0.3 is 11.5 Å². The highest BCUT2D eigenvalue weighted by atomic mass is 127. The van der Waals surface area contributed by atoms with E-state index in [1.54, 1.807) is 0 Å². The van der Waals surface area contributed by atoms with Crippen LogP contribution in [-0.2, 0) is 0 Å². The maximum Gasteiger partial charge on any atom is 0.0305 e. The molecule has 0 saturated carbocycles. The van der Waals surface area contributed by atoms with Gasteiger partial charge in [-0.3, -0.25) is 0 Å². The Hall–Kier alpha value is 0.130. The van der Waals surface area contributed by atoms with Gasteiger partial charge in [-0.1, -0.05) is 6.08 Å². The van der Waals surface area contributed by atoms with E-state index >= 15 is 0 Å². The first-order valence-electron chi connectivity index (χ1n) is 3.26. The number of hydrogen-bond donors (Lipinski definition) is 2. The van der Waals surface area contributed by atoms with E-state index in [1.807, 2.05) is 0 Å². The topological polar surface area (TPSA) is 52.0 Å². The van der Waals surface area contributed by atoms with E-state index in [0.717, 1.165) is 12.0 Å². The second-order valence-corrected chi connectivity index (χ2v) is 3.60. The molecule has 0 aliphatic heterocycles. The summed E-state index contributed by atoms with van der Waals surface area (Å²) in [6, 6.07) is 0.156. The first-order valence-corrected chi connectivity index (χ1v) is 4.33. The van der Waals surface area contributed by atoms with E-state index in [9.17, 15) is 0 Å². The van der Waals surface area contributed by atoms with Crippen LogP contribution in [0, 0.1) is 0 Å². The van der Waals surface area contributed by atoms with Crippen LogP contribution in [0.25, 0.3) is 0 Å². The predicted molar refractivity (Wildman–Crippen MR) is 51.8 cm³/mol. The zero-order chi connectivity index (χ0) is 7.56.